The van der Waals surface area contributed by atoms with Crippen LogP contribution in [0, 0.1) is 11.7 Å². The lowest BCUT2D eigenvalue weighted by Crippen LogP contribution is -2.19. The van der Waals surface area contributed by atoms with Gasteiger partial charge in [-0.15, -0.1) is 0 Å². The second kappa shape index (κ2) is 3.95. The Morgan fingerprint density at radius 2 is 2.39 bits per heavy atom. The van der Waals surface area contributed by atoms with E-state index >= 15 is 0 Å². The van der Waals surface area contributed by atoms with Gasteiger partial charge in [-0.3, -0.25) is 4.79 Å². The van der Waals surface area contributed by atoms with E-state index in [2.05, 4.69) is 0 Å². The van der Waals surface area contributed by atoms with Crippen LogP contribution >= 0.6 is 0 Å². The molecule has 1 heterocycles. The fourth-order valence-electron chi connectivity index (χ4n) is 2.58. The van der Waals surface area contributed by atoms with E-state index in [1.165, 1.54) is 19.2 Å². The first-order valence-electron chi connectivity index (χ1n) is 5.77. The summed E-state index contributed by atoms with van der Waals surface area (Å²) >= 11 is 0. The van der Waals surface area contributed by atoms with Crippen LogP contribution in [0.5, 0.6) is 5.75 Å². The van der Waals surface area contributed by atoms with Crippen molar-refractivity contribution in [3.05, 3.63) is 29.6 Å². The second-order valence-corrected chi connectivity index (χ2v) is 4.67. The Morgan fingerprint density at radius 3 is 2.94 bits per heavy atom. The molecule has 0 amide bonds. The van der Waals surface area contributed by atoms with Gasteiger partial charge in [-0.05, 0) is 24.1 Å². The predicted octanol–water partition coefficient (Wildman–Crippen LogP) is 1.62. The molecular weight excluding hydrogens is 239 g/mol. The molecule has 1 aromatic rings. The summed E-state index contributed by atoms with van der Waals surface area (Å²) in [6, 6.07) is 4.61. The minimum Gasteiger partial charge on any atom is -0.465 e. The summed E-state index contributed by atoms with van der Waals surface area (Å²) in [5.74, 6) is -0.391. The summed E-state index contributed by atoms with van der Waals surface area (Å²) in [6.45, 7) is 0.439. The van der Waals surface area contributed by atoms with Crippen molar-refractivity contribution in [3.63, 3.8) is 0 Å². The third kappa shape index (κ3) is 1.50. The van der Waals surface area contributed by atoms with Gasteiger partial charge in [0.15, 0.2) is 18.4 Å². The maximum atomic E-state index is 13.8. The monoisotopic (exact) mass is 252 g/mol. The van der Waals surface area contributed by atoms with Crippen LogP contribution < -0.4 is 4.74 Å². The fraction of sp³-hybridized carbons (Fsp3) is 0.462. The SMILES string of the molecule is COCOc1ccc([C@]23C[C@H]2COC3=O)cc1F. The first-order valence-corrected chi connectivity index (χ1v) is 5.77. The van der Waals surface area contributed by atoms with Gasteiger partial charge in [-0.1, -0.05) is 6.07 Å². The predicted molar refractivity (Wildman–Crippen MR) is 59.6 cm³/mol. The zero-order valence-electron chi connectivity index (χ0n) is 9.94. The van der Waals surface area contributed by atoms with Crippen LogP contribution in [0.15, 0.2) is 18.2 Å². The number of cyclic esters (lactones) is 1. The van der Waals surface area contributed by atoms with E-state index < -0.39 is 11.2 Å². The van der Waals surface area contributed by atoms with Crippen molar-refractivity contribution in [1.29, 1.82) is 0 Å². The number of ether oxygens (including phenoxy) is 3. The van der Waals surface area contributed by atoms with Crippen LogP contribution in [0.4, 0.5) is 4.39 Å². The van der Waals surface area contributed by atoms with Crippen molar-refractivity contribution < 1.29 is 23.4 Å². The van der Waals surface area contributed by atoms with Gasteiger partial charge in [0.2, 0.25) is 0 Å². The number of carbonyl (C=O) groups is 1. The average molecular weight is 252 g/mol. The van der Waals surface area contributed by atoms with Gasteiger partial charge in [0.05, 0.1) is 12.0 Å². The minimum absolute atomic E-state index is 0.00786. The molecule has 2 fully saturated rings. The van der Waals surface area contributed by atoms with E-state index in [0.717, 1.165) is 6.42 Å². The van der Waals surface area contributed by atoms with E-state index in [0.29, 0.717) is 12.2 Å². The lowest BCUT2D eigenvalue weighted by Gasteiger charge is -2.12. The highest BCUT2D eigenvalue weighted by atomic mass is 19.1. The van der Waals surface area contributed by atoms with Crippen LogP contribution in [-0.4, -0.2) is 26.5 Å². The van der Waals surface area contributed by atoms with Gasteiger partial charge >= 0.3 is 5.97 Å². The fourth-order valence-corrected chi connectivity index (χ4v) is 2.58. The molecule has 0 N–H and O–H groups in total. The Kier molecular flexibility index (Phi) is 2.52. The molecule has 0 spiro atoms. The second-order valence-electron chi connectivity index (χ2n) is 4.67. The van der Waals surface area contributed by atoms with Crippen LogP contribution in [0.25, 0.3) is 0 Å². The molecule has 1 aromatic carbocycles. The highest BCUT2D eigenvalue weighted by Crippen LogP contribution is 2.59. The lowest BCUT2D eigenvalue weighted by atomic mass is 9.94. The number of hydrogen-bond acceptors (Lipinski definition) is 4. The van der Waals surface area contributed by atoms with E-state index in [1.807, 2.05) is 0 Å². The van der Waals surface area contributed by atoms with E-state index in [4.69, 9.17) is 14.2 Å². The van der Waals surface area contributed by atoms with Gasteiger partial charge in [-0.25, -0.2) is 4.39 Å². The molecule has 0 unspecified atom stereocenters. The maximum absolute atomic E-state index is 13.8. The number of benzene rings is 1. The number of hydrogen-bond donors (Lipinski definition) is 0. The number of rotatable bonds is 4. The van der Waals surface area contributed by atoms with Crippen molar-refractivity contribution in [2.45, 2.75) is 11.8 Å². The molecule has 2 atom stereocenters. The molecule has 1 aliphatic heterocycles. The van der Waals surface area contributed by atoms with Crippen molar-refractivity contribution in [2.75, 3.05) is 20.5 Å². The van der Waals surface area contributed by atoms with E-state index in [-0.39, 0.29) is 24.4 Å². The Bertz CT molecular complexity index is 502. The number of carbonyl (C=O) groups excluding carboxylic acids is 1. The number of methoxy groups -OCH3 is 1. The van der Waals surface area contributed by atoms with Crippen molar-refractivity contribution in [3.8, 4) is 5.75 Å². The molecule has 1 saturated heterocycles. The first kappa shape index (κ1) is 11.5. The number of esters is 1. The van der Waals surface area contributed by atoms with Crippen LogP contribution in [-0.2, 0) is 19.7 Å². The van der Waals surface area contributed by atoms with Crippen LogP contribution in [0.2, 0.25) is 0 Å². The average Bonchev–Trinajstić information content (AvgIpc) is 3.02. The molecule has 1 aliphatic carbocycles. The molecule has 5 heteroatoms. The van der Waals surface area contributed by atoms with Crippen molar-refractivity contribution in [1.82, 2.24) is 0 Å². The molecule has 18 heavy (non-hydrogen) atoms. The first-order chi connectivity index (χ1) is 8.68. The molecule has 0 radical (unpaired) electrons. The molecule has 3 rings (SSSR count). The molecular formula is C13H13FO4. The van der Waals surface area contributed by atoms with Crippen LogP contribution in [0.1, 0.15) is 12.0 Å². The molecule has 0 bridgehead atoms. The van der Waals surface area contributed by atoms with Gasteiger partial charge in [0.25, 0.3) is 0 Å². The van der Waals surface area contributed by atoms with Crippen molar-refractivity contribution >= 4 is 5.97 Å². The minimum atomic E-state index is -0.597. The zero-order valence-corrected chi connectivity index (χ0v) is 9.94. The molecule has 1 saturated carbocycles. The largest absolute Gasteiger partial charge is 0.465 e. The standard InChI is InChI=1S/C13H13FO4/c1-16-7-18-11-3-2-8(4-10(11)14)13-5-9(13)6-17-12(13)15/h2-4,9H,5-7H2,1H3/t9-,13+/m0/s1. The summed E-state index contributed by atoms with van der Waals surface area (Å²) in [5.41, 5.74) is 0.0814. The zero-order chi connectivity index (χ0) is 12.8. The van der Waals surface area contributed by atoms with E-state index in [9.17, 15) is 9.18 Å². The molecule has 96 valence electrons. The summed E-state index contributed by atoms with van der Waals surface area (Å²) in [7, 11) is 1.47. The Balaban J connectivity index is 1.87. The normalized spacial score (nSPS) is 28.8. The quantitative estimate of drug-likeness (QED) is 0.603. The highest BCUT2D eigenvalue weighted by Gasteiger charge is 2.66. The summed E-state index contributed by atoms with van der Waals surface area (Å²) in [6.07, 6.45) is 0.754. The highest BCUT2D eigenvalue weighted by molar-refractivity contribution is 5.89. The summed E-state index contributed by atoms with van der Waals surface area (Å²) in [4.78, 5) is 11.7. The van der Waals surface area contributed by atoms with Gasteiger partial charge in [0.1, 0.15) is 0 Å². The van der Waals surface area contributed by atoms with Gasteiger partial charge < -0.3 is 14.2 Å². The van der Waals surface area contributed by atoms with Gasteiger partial charge in [0, 0.05) is 13.0 Å². The molecule has 2 aliphatic rings. The number of halogens is 1. The smallest absolute Gasteiger partial charge is 0.317 e. The Morgan fingerprint density at radius 1 is 1.56 bits per heavy atom. The third-order valence-corrected chi connectivity index (χ3v) is 3.66. The number of fused-ring (bicyclic) bond motifs is 1. The third-order valence-electron chi connectivity index (χ3n) is 3.66. The Hall–Kier alpha value is -1.62. The topological polar surface area (TPSA) is 44.8 Å². The van der Waals surface area contributed by atoms with Crippen molar-refractivity contribution in [2.24, 2.45) is 5.92 Å². The summed E-state index contributed by atoms with van der Waals surface area (Å²) < 4.78 is 28.6. The van der Waals surface area contributed by atoms with Crippen LogP contribution in [0.3, 0.4) is 0 Å². The van der Waals surface area contributed by atoms with Gasteiger partial charge in [-0.2, -0.15) is 0 Å². The van der Waals surface area contributed by atoms with E-state index in [1.54, 1.807) is 6.07 Å². The Labute approximate surface area is 104 Å². The molecule has 4 nitrogen and oxygen atoms in total. The lowest BCUT2D eigenvalue weighted by molar-refractivity contribution is -0.142. The summed E-state index contributed by atoms with van der Waals surface area (Å²) in [5, 5.41) is 0. The maximum Gasteiger partial charge on any atom is 0.317 e. The molecule has 0 aromatic heterocycles.